The van der Waals surface area contributed by atoms with E-state index in [4.69, 9.17) is 4.74 Å². The number of carbonyl (C=O) groups is 2. The SMILES string of the molecule is CCOC(=O)c1c(C)[nH]c(C(=O)Nc2cccc(-c3nc(C)cc(=O)[nH]3)c2)c1C. The monoisotopic (exact) mass is 394 g/mol. The van der Waals surface area contributed by atoms with Crippen LogP contribution in [0, 0.1) is 20.8 Å². The van der Waals surface area contributed by atoms with E-state index in [1.54, 1.807) is 52.0 Å². The number of carbonyl (C=O) groups excluding carboxylic acids is 2. The first-order chi connectivity index (χ1) is 13.8. The summed E-state index contributed by atoms with van der Waals surface area (Å²) in [5, 5.41) is 2.81. The number of esters is 1. The Morgan fingerprint density at radius 2 is 1.90 bits per heavy atom. The number of nitrogens with zero attached hydrogens (tertiary/aromatic N) is 1. The molecule has 0 aliphatic heterocycles. The molecular weight excluding hydrogens is 372 g/mol. The Kier molecular flexibility index (Phi) is 5.63. The van der Waals surface area contributed by atoms with Crippen LogP contribution in [0.25, 0.3) is 11.4 Å². The maximum absolute atomic E-state index is 12.8. The Labute approximate surface area is 167 Å². The first kappa shape index (κ1) is 20.1. The summed E-state index contributed by atoms with van der Waals surface area (Å²) in [6.45, 7) is 7.14. The lowest BCUT2D eigenvalue weighted by Crippen LogP contribution is -2.14. The second kappa shape index (κ2) is 8.14. The van der Waals surface area contributed by atoms with E-state index >= 15 is 0 Å². The van der Waals surface area contributed by atoms with Crippen molar-refractivity contribution in [2.45, 2.75) is 27.7 Å². The van der Waals surface area contributed by atoms with Gasteiger partial charge < -0.3 is 20.0 Å². The molecule has 1 aromatic carbocycles. The zero-order valence-corrected chi connectivity index (χ0v) is 16.7. The van der Waals surface area contributed by atoms with Gasteiger partial charge in [-0.2, -0.15) is 0 Å². The lowest BCUT2D eigenvalue weighted by Gasteiger charge is -2.08. The molecule has 0 unspecified atom stereocenters. The van der Waals surface area contributed by atoms with Crippen LogP contribution in [0.1, 0.15) is 44.7 Å². The molecule has 150 valence electrons. The van der Waals surface area contributed by atoms with Gasteiger partial charge in [-0.05, 0) is 45.4 Å². The lowest BCUT2D eigenvalue weighted by atomic mass is 10.1. The van der Waals surface area contributed by atoms with Gasteiger partial charge in [-0.1, -0.05) is 12.1 Å². The number of amides is 1. The Morgan fingerprint density at radius 3 is 2.59 bits per heavy atom. The minimum Gasteiger partial charge on any atom is -0.462 e. The molecule has 0 saturated carbocycles. The van der Waals surface area contributed by atoms with Crippen molar-refractivity contribution in [1.29, 1.82) is 0 Å². The van der Waals surface area contributed by atoms with Crippen molar-refractivity contribution in [3.63, 3.8) is 0 Å². The quantitative estimate of drug-likeness (QED) is 0.575. The number of anilines is 1. The number of hydrogen-bond donors (Lipinski definition) is 3. The molecule has 0 atom stereocenters. The molecule has 3 N–H and O–H groups in total. The molecule has 0 aliphatic rings. The topological polar surface area (TPSA) is 117 Å². The normalized spacial score (nSPS) is 10.6. The van der Waals surface area contributed by atoms with Gasteiger partial charge in [0.1, 0.15) is 11.5 Å². The summed E-state index contributed by atoms with van der Waals surface area (Å²) < 4.78 is 5.06. The number of aryl methyl sites for hydroxylation is 2. The largest absolute Gasteiger partial charge is 0.462 e. The number of hydrogen-bond acceptors (Lipinski definition) is 5. The van der Waals surface area contributed by atoms with E-state index < -0.39 is 5.97 Å². The molecule has 1 amide bonds. The molecule has 3 aromatic rings. The van der Waals surface area contributed by atoms with Crippen molar-refractivity contribution in [3.05, 3.63) is 68.9 Å². The number of nitrogens with one attached hydrogen (secondary N) is 3. The van der Waals surface area contributed by atoms with Crippen molar-refractivity contribution in [1.82, 2.24) is 15.0 Å². The first-order valence-corrected chi connectivity index (χ1v) is 9.16. The van der Waals surface area contributed by atoms with E-state index in [0.717, 1.165) is 0 Å². The van der Waals surface area contributed by atoms with Crippen LogP contribution in [-0.2, 0) is 4.74 Å². The van der Waals surface area contributed by atoms with Gasteiger partial charge >= 0.3 is 5.97 Å². The third kappa shape index (κ3) is 4.26. The maximum atomic E-state index is 12.8. The second-order valence-electron chi connectivity index (χ2n) is 6.62. The highest BCUT2D eigenvalue weighted by molar-refractivity contribution is 6.07. The van der Waals surface area contributed by atoms with Crippen molar-refractivity contribution >= 4 is 17.6 Å². The fourth-order valence-electron chi connectivity index (χ4n) is 3.14. The lowest BCUT2D eigenvalue weighted by molar-refractivity contribution is 0.0525. The number of aromatic amines is 2. The summed E-state index contributed by atoms with van der Waals surface area (Å²) in [7, 11) is 0. The van der Waals surface area contributed by atoms with Gasteiger partial charge in [0, 0.05) is 28.7 Å². The van der Waals surface area contributed by atoms with Crippen molar-refractivity contribution in [3.8, 4) is 11.4 Å². The molecule has 3 rings (SSSR count). The summed E-state index contributed by atoms with van der Waals surface area (Å²) in [4.78, 5) is 46.6. The fraction of sp³-hybridized carbons (Fsp3) is 0.238. The Bertz CT molecular complexity index is 1140. The van der Waals surface area contributed by atoms with E-state index in [-0.39, 0.29) is 23.8 Å². The van der Waals surface area contributed by atoms with Gasteiger partial charge in [0.2, 0.25) is 0 Å². The molecule has 0 bridgehead atoms. The van der Waals surface area contributed by atoms with Gasteiger partial charge in [-0.25, -0.2) is 9.78 Å². The molecule has 8 nitrogen and oxygen atoms in total. The molecule has 0 aliphatic carbocycles. The molecule has 0 saturated heterocycles. The summed E-state index contributed by atoms with van der Waals surface area (Å²) in [5.74, 6) is -0.430. The average molecular weight is 394 g/mol. The van der Waals surface area contributed by atoms with Crippen molar-refractivity contribution < 1.29 is 14.3 Å². The van der Waals surface area contributed by atoms with Crippen LogP contribution in [0.5, 0.6) is 0 Å². The molecule has 2 heterocycles. The van der Waals surface area contributed by atoms with Crippen LogP contribution in [0.3, 0.4) is 0 Å². The highest BCUT2D eigenvalue weighted by Crippen LogP contribution is 2.22. The van der Waals surface area contributed by atoms with Crippen LogP contribution in [0.2, 0.25) is 0 Å². The van der Waals surface area contributed by atoms with E-state index in [1.165, 1.54) is 6.07 Å². The molecule has 0 fully saturated rings. The van der Waals surface area contributed by atoms with Gasteiger partial charge in [-0.15, -0.1) is 0 Å². The van der Waals surface area contributed by atoms with Crippen LogP contribution < -0.4 is 10.9 Å². The third-order valence-corrected chi connectivity index (χ3v) is 4.41. The van der Waals surface area contributed by atoms with E-state index in [2.05, 4.69) is 20.3 Å². The van der Waals surface area contributed by atoms with Crippen molar-refractivity contribution in [2.75, 3.05) is 11.9 Å². The van der Waals surface area contributed by atoms with Crippen LogP contribution in [0.15, 0.2) is 35.1 Å². The van der Waals surface area contributed by atoms with Gasteiger partial charge in [0.15, 0.2) is 0 Å². The average Bonchev–Trinajstić information content (AvgIpc) is 2.96. The molecule has 0 spiro atoms. The number of benzene rings is 1. The smallest absolute Gasteiger partial charge is 0.340 e. The van der Waals surface area contributed by atoms with Crippen molar-refractivity contribution in [2.24, 2.45) is 0 Å². The minimum atomic E-state index is -0.464. The van der Waals surface area contributed by atoms with Gasteiger partial charge in [-0.3, -0.25) is 9.59 Å². The van der Waals surface area contributed by atoms with E-state index in [1.807, 2.05) is 0 Å². The molecular formula is C21H22N4O4. The van der Waals surface area contributed by atoms with E-state index in [9.17, 15) is 14.4 Å². The zero-order valence-electron chi connectivity index (χ0n) is 16.7. The number of ether oxygens (including phenoxy) is 1. The molecule has 0 radical (unpaired) electrons. The number of aromatic nitrogens is 3. The van der Waals surface area contributed by atoms with Crippen LogP contribution >= 0.6 is 0 Å². The summed E-state index contributed by atoms with van der Waals surface area (Å²) in [6.07, 6.45) is 0. The summed E-state index contributed by atoms with van der Waals surface area (Å²) >= 11 is 0. The maximum Gasteiger partial charge on any atom is 0.340 e. The first-order valence-electron chi connectivity index (χ1n) is 9.16. The van der Waals surface area contributed by atoms with Gasteiger partial charge in [0.25, 0.3) is 11.5 Å². The predicted octanol–water partition coefficient (Wildman–Crippen LogP) is 3.12. The fourth-order valence-corrected chi connectivity index (χ4v) is 3.14. The molecule has 2 aromatic heterocycles. The summed E-state index contributed by atoms with van der Waals surface area (Å²) in [6, 6.07) is 8.40. The zero-order chi connectivity index (χ0) is 21.1. The Balaban J connectivity index is 1.88. The number of rotatable bonds is 5. The van der Waals surface area contributed by atoms with E-state index in [0.29, 0.717) is 39.6 Å². The van der Waals surface area contributed by atoms with Crippen LogP contribution in [0.4, 0.5) is 5.69 Å². The second-order valence-corrected chi connectivity index (χ2v) is 6.62. The standard InChI is InChI=1S/C21H22N4O4/c1-5-29-21(28)17-12(3)18(23-13(17)4)20(27)24-15-8-6-7-14(10-15)19-22-11(2)9-16(26)25-19/h6-10,23H,5H2,1-4H3,(H,24,27)(H,22,25,26). The highest BCUT2D eigenvalue weighted by Gasteiger charge is 2.23. The Morgan fingerprint density at radius 1 is 1.14 bits per heavy atom. The Hall–Kier alpha value is -3.68. The number of H-pyrrole nitrogens is 2. The molecule has 29 heavy (non-hydrogen) atoms. The molecule has 8 heteroatoms. The summed E-state index contributed by atoms with van der Waals surface area (Å²) in [5.41, 5.74) is 3.30. The van der Waals surface area contributed by atoms with Gasteiger partial charge in [0.05, 0.1) is 12.2 Å². The minimum absolute atomic E-state index is 0.245. The highest BCUT2D eigenvalue weighted by atomic mass is 16.5. The predicted molar refractivity (Wildman–Crippen MR) is 109 cm³/mol. The van der Waals surface area contributed by atoms with Crippen LogP contribution in [-0.4, -0.2) is 33.4 Å². The third-order valence-electron chi connectivity index (χ3n) is 4.41.